The van der Waals surface area contributed by atoms with Gasteiger partial charge in [0.1, 0.15) is 5.54 Å². The Morgan fingerprint density at radius 2 is 1.82 bits per heavy atom. The zero-order chi connectivity index (χ0) is 13.1. The van der Waals surface area contributed by atoms with E-state index in [2.05, 4.69) is 18.3 Å². The molecule has 1 amide bonds. The van der Waals surface area contributed by atoms with Crippen molar-refractivity contribution in [3.05, 3.63) is 34.9 Å². The monoisotopic (exact) mass is 234 g/mol. The molecule has 1 aromatic rings. The van der Waals surface area contributed by atoms with E-state index in [1.807, 2.05) is 32.9 Å². The van der Waals surface area contributed by atoms with Crippen LogP contribution in [-0.2, 0) is 10.3 Å². The normalized spacial score (nSPS) is 14.4. The highest BCUT2D eigenvalue weighted by Crippen LogP contribution is 2.23. The van der Waals surface area contributed by atoms with Gasteiger partial charge in [0.15, 0.2) is 0 Å². The number of rotatable bonds is 5. The Bertz CT molecular complexity index is 394. The van der Waals surface area contributed by atoms with Gasteiger partial charge in [0.2, 0.25) is 5.91 Å². The van der Waals surface area contributed by atoms with Gasteiger partial charge < -0.3 is 5.73 Å². The van der Waals surface area contributed by atoms with Gasteiger partial charge in [-0.2, -0.15) is 0 Å². The van der Waals surface area contributed by atoms with Crippen molar-refractivity contribution in [1.29, 1.82) is 0 Å². The number of benzene rings is 1. The summed E-state index contributed by atoms with van der Waals surface area (Å²) in [5.74, 6) is -0.337. The molecule has 1 rings (SSSR count). The topological polar surface area (TPSA) is 55.1 Å². The van der Waals surface area contributed by atoms with E-state index in [4.69, 9.17) is 5.73 Å². The second-order valence-electron chi connectivity index (χ2n) is 4.79. The molecule has 1 atom stereocenters. The molecule has 17 heavy (non-hydrogen) atoms. The molecule has 0 aromatic heterocycles. The number of nitrogens with two attached hydrogens (primary N) is 1. The van der Waals surface area contributed by atoms with Crippen molar-refractivity contribution in [3.63, 3.8) is 0 Å². The maximum atomic E-state index is 11.7. The van der Waals surface area contributed by atoms with Gasteiger partial charge in [-0.05, 0) is 39.3 Å². The molecule has 0 aliphatic carbocycles. The molecule has 0 bridgehead atoms. The molecule has 94 valence electrons. The average molecular weight is 234 g/mol. The first kappa shape index (κ1) is 13.7. The molecular weight excluding hydrogens is 212 g/mol. The lowest BCUT2D eigenvalue weighted by Gasteiger charge is -2.28. The highest BCUT2D eigenvalue weighted by atomic mass is 16.1. The van der Waals surface area contributed by atoms with Crippen molar-refractivity contribution in [2.24, 2.45) is 5.73 Å². The number of amides is 1. The molecule has 3 heteroatoms. The van der Waals surface area contributed by atoms with Gasteiger partial charge in [-0.25, -0.2) is 0 Å². The number of carbonyl (C=O) groups excluding carboxylic acids is 1. The summed E-state index contributed by atoms with van der Waals surface area (Å²) in [7, 11) is 0. The summed E-state index contributed by atoms with van der Waals surface area (Å²) in [4.78, 5) is 11.7. The summed E-state index contributed by atoms with van der Waals surface area (Å²) in [6, 6.07) is 6.12. The Morgan fingerprint density at radius 1 is 1.29 bits per heavy atom. The first-order chi connectivity index (χ1) is 7.90. The largest absolute Gasteiger partial charge is 0.368 e. The van der Waals surface area contributed by atoms with Crippen LogP contribution >= 0.6 is 0 Å². The molecule has 0 aliphatic rings. The molecule has 3 N–H and O–H groups in total. The standard InChI is InChI=1S/C14H22N2O/c1-5-6-16-14(4,13(15)17)12-8-10(2)7-11(3)9-12/h7-9,16H,5-6H2,1-4H3,(H2,15,17). The van der Waals surface area contributed by atoms with Crippen LogP contribution in [-0.4, -0.2) is 12.5 Å². The molecule has 0 radical (unpaired) electrons. The molecular formula is C14H22N2O. The lowest BCUT2D eigenvalue weighted by Crippen LogP contribution is -2.50. The summed E-state index contributed by atoms with van der Waals surface area (Å²) in [6.07, 6.45) is 0.966. The zero-order valence-corrected chi connectivity index (χ0v) is 11.1. The fourth-order valence-electron chi connectivity index (χ4n) is 1.97. The lowest BCUT2D eigenvalue weighted by atomic mass is 9.88. The third-order valence-electron chi connectivity index (χ3n) is 3.02. The Balaban J connectivity index is 3.17. The molecule has 3 nitrogen and oxygen atoms in total. The summed E-state index contributed by atoms with van der Waals surface area (Å²) < 4.78 is 0. The Kier molecular flexibility index (Phi) is 4.29. The van der Waals surface area contributed by atoms with Gasteiger partial charge >= 0.3 is 0 Å². The number of primary amides is 1. The van der Waals surface area contributed by atoms with Gasteiger partial charge in [0.25, 0.3) is 0 Å². The SMILES string of the molecule is CCCNC(C)(C(N)=O)c1cc(C)cc(C)c1. The van der Waals surface area contributed by atoms with Crippen LogP contribution in [0.3, 0.4) is 0 Å². The van der Waals surface area contributed by atoms with Crippen molar-refractivity contribution in [2.75, 3.05) is 6.54 Å². The fourth-order valence-corrected chi connectivity index (χ4v) is 1.97. The Morgan fingerprint density at radius 3 is 2.24 bits per heavy atom. The van der Waals surface area contributed by atoms with E-state index in [9.17, 15) is 4.79 Å². The van der Waals surface area contributed by atoms with E-state index >= 15 is 0 Å². The minimum Gasteiger partial charge on any atom is -0.368 e. The molecule has 1 aromatic carbocycles. The van der Waals surface area contributed by atoms with E-state index < -0.39 is 5.54 Å². The molecule has 0 spiro atoms. The molecule has 0 saturated heterocycles. The molecule has 0 heterocycles. The highest BCUT2D eigenvalue weighted by Gasteiger charge is 2.32. The van der Waals surface area contributed by atoms with E-state index in [-0.39, 0.29) is 5.91 Å². The third-order valence-corrected chi connectivity index (χ3v) is 3.02. The predicted molar refractivity (Wildman–Crippen MR) is 70.8 cm³/mol. The Hall–Kier alpha value is -1.35. The predicted octanol–water partition coefficient (Wildman–Crippen LogP) is 2.00. The minimum atomic E-state index is -0.785. The van der Waals surface area contributed by atoms with Crippen molar-refractivity contribution in [2.45, 2.75) is 39.7 Å². The van der Waals surface area contributed by atoms with Gasteiger partial charge in [-0.3, -0.25) is 10.1 Å². The van der Waals surface area contributed by atoms with Crippen LogP contribution in [0.4, 0.5) is 0 Å². The van der Waals surface area contributed by atoms with Gasteiger partial charge in [0.05, 0.1) is 0 Å². The summed E-state index contributed by atoms with van der Waals surface area (Å²) in [5, 5.41) is 3.24. The molecule has 0 saturated carbocycles. The van der Waals surface area contributed by atoms with E-state index in [1.54, 1.807) is 0 Å². The number of carbonyl (C=O) groups is 1. The van der Waals surface area contributed by atoms with E-state index in [0.29, 0.717) is 0 Å². The minimum absolute atomic E-state index is 0.337. The molecule has 1 unspecified atom stereocenters. The second-order valence-corrected chi connectivity index (χ2v) is 4.79. The maximum absolute atomic E-state index is 11.7. The maximum Gasteiger partial charge on any atom is 0.242 e. The first-order valence-corrected chi connectivity index (χ1v) is 6.04. The molecule has 0 aliphatic heterocycles. The van der Waals surface area contributed by atoms with E-state index in [1.165, 1.54) is 0 Å². The van der Waals surface area contributed by atoms with Crippen LogP contribution < -0.4 is 11.1 Å². The Labute approximate surface area is 103 Å². The van der Waals surface area contributed by atoms with E-state index in [0.717, 1.165) is 29.7 Å². The zero-order valence-electron chi connectivity index (χ0n) is 11.1. The van der Waals surface area contributed by atoms with Crippen LogP contribution in [0.1, 0.15) is 37.0 Å². The smallest absolute Gasteiger partial charge is 0.242 e. The first-order valence-electron chi connectivity index (χ1n) is 6.04. The second kappa shape index (κ2) is 5.32. The number of hydrogen-bond acceptors (Lipinski definition) is 2. The number of hydrogen-bond donors (Lipinski definition) is 2. The summed E-state index contributed by atoms with van der Waals surface area (Å²) in [6.45, 7) is 8.73. The third kappa shape index (κ3) is 3.07. The average Bonchev–Trinajstić information content (AvgIpc) is 2.24. The van der Waals surface area contributed by atoms with Crippen LogP contribution in [0.2, 0.25) is 0 Å². The van der Waals surface area contributed by atoms with Crippen molar-refractivity contribution < 1.29 is 4.79 Å². The van der Waals surface area contributed by atoms with Crippen molar-refractivity contribution in [3.8, 4) is 0 Å². The van der Waals surface area contributed by atoms with Crippen LogP contribution in [0.5, 0.6) is 0 Å². The fraction of sp³-hybridized carbons (Fsp3) is 0.500. The summed E-state index contributed by atoms with van der Waals surface area (Å²) in [5.41, 5.74) is 7.99. The van der Waals surface area contributed by atoms with Gasteiger partial charge in [-0.1, -0.05) is 36.2 Å². The van der Waals surface area contributed by atoms with Crippen LogP contribution in [0, 0.1) is 13.8 Å². The van der Waals surface area contributed by atoms with Gasteiger partial charge in [-0.15, -0.1) is 0 Å². The number of aryl methyl sites for hydroxylation is 2. The van der Waals surface area contributed by atoms with Crippen LogP contribution in [0.15, 0.2) is 18.2 Å². The van der Waals surface area contributed by atoms with Crippen molar-refractivity contribution >= 4 is 5.91 Å². The lowest BCUT2D eigenvalue weighted by molar-refractivity contribution is -0.124. The summed E-state index contributed by atoms with van der Waals surface area (Å²) >= 11 is 0. The number of nitrogens with one attached hydrogen (secondary N) is 1. The van der Waals surface area contributed by atoms with Crippen LogP contribution in [0.25, 0.3) is 0 Å². The highest BCUT2D eigenvalue weighted by molar-refractivity contribution is 5.85. The van der Waals surface area contributed by atoms with Gasteiger partial charge in [0, 0.05) is 0 Å². The quantitative estimate of drug-likeness (QED) is 0.818. The molecule has 0 fully saturated rings. The van der Waals surface area contributed by atoms with Crippen molar-refractivity contribution in [1.82, 2.24) is 5.32 Å².